The zero-order chi connectivity index (χ0) is 8.43. The van der Waals surface area contributed by atoms with E-state index in [-0.39, 0.29) is 0 Å². The van der Waals surface area contributed by atoms with Crippen LogP contribution in [0, 0.1) is 11.8 Å². The van der Waals surface area contributed by atoms with Crippen molar-refractivity contribution in [2.45, 2.75) is 38.9 Å². The molecule has 1 nitrogen and oxygen atoms in total. The first kappa shape index (κ1) is 8.36. The first-order chi connectivity index (χ1) is 5.22. The van der Waals surface area contributed by atoms with Crippen LogP contribution in [0.15, 0.2) is 12.7 Å². The molecule has 1 aliphatic rings. The summed E-state index contributed by atoms with van der Waals surface area (Å²) in [6.07, 6.45) is 2.00. The van der Waals surface area contributed by atoms with Crippen LogP contribution in [0.2, 0.25) is 0 Å². The maximum Gasteiger partial charge on any atom is 0.0694 e. The predicted octanol–water partition coefficient (Wildman–Crippen LogP) is 1.66. The summed E-state index contributed by atoms with van der Waals surface area (Å²) in [6, 6.07) is 1.59. The molecular formula is C10H15N. The molecule has 1 heteroatoms. The molecule has 1 saturated heterocycles. The highest BCUT2D eigenvalue weighted by molar-refractivity contribution is 5.18. The van der Waals surface area contributed by atoms with Crippen molar-refractivity contribution in [1.29, 1.82) is 0 Å². The third-order valence-electron chi connectivity index (χ3n) is 2.26. The lowest BCUT2D eigenvalue weighted by molar-refractivity contribution is 0.461. The maximum absolute atomic E-state index is 3.78. The molecule has 0 radical (unpaired) electrons. The lowest BCUT2D eigenvalue weighted by atomic mass is 10.3. The molecule has 0 aliphatic carbocycles. The highest BCUT2D eigenvalue weighted by Crippen LogP contribution is 2.30. The van der Waals surface area contributed by atoms with Gasteiger partial charge in [0.1, 0.15) is 0 Å². The zero-order valence-corrected chi connectivity index (χ0v) is 7.46. The van der Waals surface area contributed by atoms with Crippen molar-refractivity contribution in [2.75, 3.05) is 0 Å². The van der Waals surface area contributed by atoms with Crippen LogP contribution in [0.25, 0.3) is 0 Å². The van der Waals surface area contributed by atoms with Crippen LogP contribution in [0.4, 0.5) is 0 Å². The van der Waals surface area contributed by atoms with Crippen molar-refractivity contribution >= 4 is 0 Å². The van der Waals surface area contributed by atoms with Gasteiger partial charge < -0.3 is 0 Å². The van der Waals surface area contributed by atoms with Crippen LogP contribution in [0.5, 0.6) is 0 Å². The first-order valence-electron chi connectivity index (χ1n) is 4.04. The van der Waals surface area contributed by atoms with Crippen molar-refractivity contribution in [1.82, 2.24) is 4.90 Å². The topological polar surface area (TPSA) is 3.01 Å². The number of rotatable bonds is 2. The monoisotopic (exact) mass is 149 g/mol. The van der Waals surface area contributed by atoms with Gasteiger partial charge in [0.25, 0.3) is 0 Å². The van der Waals surface area contributed by atoms with E-state index >= 15 is 0 Å². The summed E-state index contributed by atoms with van der Waals surface area (Å²) in [4.78, 5) is 2.35. The van der Waals surface area contributed by atoms with Crippen LogP contribution < -0.4 is 0 Å². The van der Waals surface area contributed by atoms with Gasteiger partial charge in [0.15, 0.2) is 0 Å². The average molecular weight is 149 g/mol. The minimum Gasteiger partial charge on any atom is -0.277 e. The number of hydrogen-bond donors (Lipinski definition) is 0. The molecule has 4 unspecified atom stereocenters. The number of hydrogen-bond acceptors (Lipinski definition) is 1. The summed E-state index contributed by atoms with van der Waals surface area (Å²) in [6.45, 7) is 10.0. The van der Waals surface area contributed by atoms with E-state index in [1.165, 1.54) is 0 Å². The van der Waals surface area contributed by atoms with Gasteiger partial charge in [-0.2, -0.15) is 0 Å². The Morgan fingerprint density at radius 3 is 2.64 bits per heavy atom. The van der Waals surface area contributed by atoms with Crippen LogP contribution >= 0.6 is 0 Å². The van der Waals surface area contributed by atoms with E-state index < -0.39 is 0 Å². The molecule has 1 aliphatic heterocycles. The predicted molar refractivity (Wildman–Crippen MR) is 48.2 cm³/mol. The Morgan fingerprint density at radius 2 is 2.27 bits per heavy atom. The fraction of sp³-hybridized carbons (Fsp3) is 0.600. The second-order valence-corrected chi connectivity index (χ2v) is 2.98. The van der Waals surface area contributed by atoms with Crippen molar-refractivity contribution in [3.05, 3.63) is 12.7 Å². The van der Waals surface area contributed by atoms with Crippen molar-refractivity contribution < 1.29 is 0 Å². The van der Waals surface area contributed by atoms with Gasteiger partial charge in [-0.05, 0) is 20.8 Å². The normalized spacial score (nSPS) is 36.8. The summed E-state index contributed by atoms with van der Waals surface area (Å²) >= 11 is 0. The molecule has 0 aromatic carbocycles. The van der Waals surface area contributed by atoms with E-state index in [1.54, 1.807) is 0 Å². The fourth-order valence-corrected chi connectivity index (χ4v) is 1.61. The highest BCUT2D eigenvalue weighted by atomic mass is 15.4. The molecule has 0 spiro atoms. The summed E-state index contributed by atoms with van der Waals surface area (Å²) in [5, 5.41) is 0. The highest BCUT2D eigenvalue weighted by Gasteiger charge is 2.43. The van der Waals surface area contributed by atoms with Gasteiger partial charge in [0, 0.05) is 12.1 Å². The Labute approximate surface area is 69.1 Å². The summed E-state index contributed by atoms with van der Waals surface area (Å²) in [7, 11) is 0. The molecule has 1 fully saturated rings. The molecule has 0 bridgehead atoms. The molecule has 0 amide bonds. The van der Waals surface area contributed by atoms with Crippen LogP contribution in [0.1, 0.15) is 20.8 Å². The summed E-state index contributed by atoms with van der Waals surface area (Å²) in [5.41, 5.74) is 0. The van der Waals surface area contributed by atoms with Crippen LogP contribution in [-0.4, -0.2) is 23.0 Å². The largest absolute Gasteiger partial charge is 0.277 e. The molecular weight excluding hydrogens is 134 g/mol. The van der Waals surface area contributed by atoms with E-state index in [1.807, 2.05) is 13.0 Å². The Kier molecular flexibility index (Phi) is 2.36. The quantitative estimate of drug-likeness (QED) is 0.328. The van der Waals surface area contributed by atoms with Gasteiger partial charge >= 0.3 is 0 Å². The zero-order valence-electron chi connectivity index (χ0n) is 7.46. The van der Waals surface area contributed by atoms with Crippen LogP contribution in [0.3, 0.4) is 0 Å². The fourth-order valence-electron chi connectivity index (χ4n) is 1.61. The Balaban J connectivity index is 2.50. The van der Waals surface area contributed by atoms with E-state index in [2.05, 4.69) is 37.2 Å². The minimum atomic E-state index is 0.387. The lowest BCUT2D eigenvalue weighted by Gasteiger charge is -2.04. The number of nitrogens with zero attached hydrogens (tertiary/aromatic N) is 1. The minimum absolute atomic E-state index is 0.387. The SMILES string of the molecule is C=CC1C(C)N1C(C)C#CC. The van der Waals surface area contributed by atoms with Gasteiger partial charge in [-0.15, -0.1) is 12.5 Å². The van der Waals surface area contributed by atoms with Crippen molar-refractivity contribution in [3.63, 3.8) is 0 Å². The molecule has 0 N–H and O–H groups in total. The van der Waals surface area contributed by atoms with E-state index in [0.717, 1.165) is 0 Å². The Bertz CT molecular complexity index is 209. The third-order valence-corrected chi connectivity index (χ3v) is 2.26. The average Bonchev–Trinajstić information content (AvgIpc) is 2.61. The molecule has 0 aromatic heterocycles. The third kappa shape index (κ3) is 1.46. The molecule has 1 heterocycles. The maximum atomic E-state index is 3.78. The van der Waals surface area contributed by atoms with Gasteiger partial charge in [0.2, 0.25) is 0 Å². The van der Waals surface area contributed by atoms with Gasteiger partial charge in [-0.1, -0.05) is 12.0 Å². The molecule has 0 saturated carbocycles. The van der Waals surface area contributed by atoms with Crippen molar-refractivity contribution in [2.24, 2.45) is 0 Å². The smallest absolute Gasteiger partial charge is 0.0694 e. The standard InChI is InChI=1S/C10H15N/c1-5-7-8(3)11-9(4)10(11)6-2/h6,8-10H,2H2,1,3-4H3. The molecule has 4 atom stereocenters. The molecule has 60 valence electrons. The molecule has 1 rings (SSSR count). The van der Waals surface area contributed by atoms with E-state index in [0.29, 0.717) is 18.1 Å². The molecule has 0 aromatic rings. The first-order valence-corrected chi connectivity index (χ1v) is 4.04. The van der Waals surface area contributed by atoms with Gasteiger partial charge in [-0.3, -0.25) is 4.90 Å². The van der Waals surface area contributed by atoms with Gasteiger partial charge in [-0.25, -0.2) is 0 Å². The Morgan fingerprint density at radius 1 is 1.64 bits per heavy atom. The van der Waals surface area contributed by atoms with E-state index in [4.69, 9.17) is 0 Å². The summed E-state index contributed by atoms with van der Waals surface area (Å²) < 4.78 is 0. The summed E-state index contributed by atoms with van der Waals surface area (Å²) in [5.74, 6) is 6.06. The Hall–Kier alpha value is -0.740. The van der Waals surface area contributed by atoms with Crippen LogP contribution in [-0.2, 0) is 0 Å². The van der Waals surface area contributed by atoms with Gasteiger partial charge in [0.05, 0.1) is 6.04 Å². The lowest BCUT2D eigenvalue weighted by Crippen LogP contribution is -2.14. The second-order valence-electron chi connectivity index (χ2n) is 2.98. The van der Waals surface area contributed by atoms with E-state index in [9.17, 15) is 0 Å². The van der Waals surface area contributed by atoms with Crippen molar-refractivity contribution in [3.8, 4) is 11.8 Å². The molecule has 11 heavy (non-hydrogen) atoms. The second kappa shape index (κ2) is 3.11.